The van der Waals surface area contributed by atoms with Gasteiger partial charge in [-0.2, -0.15) is 0 Å². The van der Waals surface area contributed by atoms with Gasteiger partial charge in [-0.1, -0.05) is 66.7 Å². The summed E-state index contributed by atoms with van der Waals surface area (Å²) in [5.41, 5.74) is 13.1. The van der Waals surface area contributed by atoms with Crippen molar-refractivity contribution in [2.75, 3.05) is 0 Å². The molecular formula is C27H22O. The molecule has 5 rings (SSSR count). The van der Waals surface area contributed by atoms with Gasteiger partial charge in [0.15, 0.2) is 0 Å². The molecule has 1 nitrogen and oxygen atoms in total. The quantitative estimate of drug-likeness (QED) is 0.361. The molecule has 0 amide bonds. The topological polar surface area (TPSA) is 20.2 Å². The molecular weight excluding hydrogens is 340 g/mol. The van der Waals surface area contributed by atoms with Crippen LogP contribution in [-0.2, 0) is 6.42 Å². The maximum Gasteiger partial charge on any atom is 0.115 e. The third kappa shape index (κ3) is 2.55. The Morgan fingerprint density at radius 1 is 0.643 bits per heavy atom. The Morgan fingerprint density at radius 2 is 1.32 bits per heavy atom. The van der Waals surface area contributed by atoms with Gasteiger partial charge in [0.05, 0.1) is 0 Å². The summed E-state index contributed by atoms with van der Waals surface area (Å²) in [6.45, 7) is 4.39. The molecule has 0 saturated heterocycles. The highest BCUT2D eigenvalue weighted by Crippen LogP contribution is 2.48. The van der Waals surface area contributed by atoms with Gasteiger partial charge in [-0.15, -0.1) is 0 Å². The minimum Gasteiger partial charge on any atom is -0.508 e. The zero-order valence-electron chi connectivity index (χ0n) is 16.2. The first-order valence-electron chi connectivity index (χ1n) is 9.73. The molecule has 0 bridgehead atoms. The van der Waals surface area contributed by atoms with Crippen LogP contribution in [0.4, 0.5) is 0 Å². The van der Waals surface area contributed by atoms with Gasteiger partial charge in [0.25, 0.3) is 0 Å². The molecule has 28 heavy (non-hydrogen) atoms. The average Bonchev–Trinajstić information content (AvgIpc) is 3.07. The van der Waals surface area contributed by atoms with E-state index in [0.29, 0.717) is 5.75 Å². The molecule has 0 saturated carbocycles. The Labute approximate surface area is 165 Å². The Morgan fingerprint density at radius 3 is 2.07 bits per heavy atom. The van der Waals surface area contributed by atoms with Crippen molar-refractivity contribution in [3.05, 3.63) is 101 Å². The zero-order valence-corrected chi connectivity index (χ0v) is 16.2. The molecule has 1 heteroatoms. The summed E-state index contributed by atoms with van der Waals surface area (Å²) in [5, 5.41) is 9.78. The fourth-order valence-electron chi connectivity index (χ4n) is 4.56. The number of hydrogen-bond donors (Lipinski definition) is 1. The van der Waals surface area contributed by atoms with Crippen molar-refractivity contribution >= 4 is 0 Å². The number of aromatic hydroxyl groups is 1. The summed E-state index contributed by atoms with van der Waals surface area (Å²) in [4.78, 5) is 0. The molecule has 1 aliphatic carbocycles. The smallest absolute Gasteiger partial charge is 0.115 e. The van der Waals surface area contributed by atoms with Crippen LogP contribution in [0.2, 0.25) is 0 Å². The minimum atomic E-state index is 0.299. The molecule has 0 aromatic heterocycles. The molecule has 0 aliphatic heterocycles. The van der Waals surface area contributed by atoms with Crippen molar-refractivity contribution in [2.45, 2.75) is 20.3 Å². The van der Waals surface area contributed by atoms with E-state index in [9.17, 15) is 5.11 Å². The second-order valence-electron chi connectivity index (χ2n) is 7.67. The number of rotatable bonds is 2. The monoisotopic (exact) mass is 362 g/mol. The summed E-state index contributed by atoms with van der Waals surface area (Å²) in [6, 6.07) is 27.3. The van der Waals surface area contributed by atoms with Crippen molar-refractivity contribution in [3.63, 3.8) is 0 Å². The van der Waals surface area contributed by atoms with Crippen LogP contribution in [0.25, 0.3) is 33.4 Å². The second kappa shape index (κ2) is 6.38. The fourth-order valence-corrected chi connectivity index (χ4v) is 4.56. The third-order valence-corrected chi connectivity index (χ3v) is 5.88. The van der Waals surface area contributed by atoms with Crippen LogP contribution in [0, 0.1) is 13.8 Å². The SMILES string of the molecule is Cc1ccccc1-c1c2c(cc(C)c1-c1ccc(O)cc1)-c1ccccc1C2. The fraction of sp³-hybridized carbons (Fsp3) is 0.111. The van der Waals surface area contributed by atoms with E-state index in [1.165, 1.54) is 50.1 Å². The highest BCUT2D eigenvalue weighted by atomic mass is 16.3. The summed E-state index contributed by atoms with van der Waals surface area (Å²) in [6.07, 6.45) is 0.959. The number of aryl methyl sites for hydroxylation is 2. The molecule has 0 unspecified atom stereocenters. The normalized spacial score (nSPS) is 11.9. The van der Waals surface area contributed by atoms with E-state index in [1.807, 2.05) is 12.1 Å². The maximum atomic E-state index is 9.78. The standard InChI is InChI=1S/C27H22O/c1-17-7-3-5-9-22(17)27-25-16-20-8-4-6-10-23(20)24(25)15-18(2)26(27)19-11-13-21(28)14-12-19/h3-15,28H,16H2,1-2H3. The molecule has 0 radical (unpaired) electrons. The van der Waals surface area contributed by atoms with E-state index in [0.717, 1.165) is 12.0 Å². The molecule has 1 aliphatic rings. The lowest BCUT2D eigenvalue weighted by Crippen LogP contribution is -1.97. The number of hydrogen-bond acceptors (Lipinski definition) is 1. The molecule has 4 aromatic carbocycles. The van der Waals surface area contributed by atoms with Crippen molar-refractivity contribution in [3.8, 4) is 39.1 Å². The molecule has 0 fully saturated rings. The minimum absolute atomic E-state index is 0.299. The highest BCUT2D eigenvalue weighted by molar-refractivity contribution is 5.96. The van der Waals surface area contributed by atoms with Crippen LogP contribution in [0.1, 0.15) is 22.3 Å². The molecule has 0 heterocycles. The largest absolute Gasteiger partial charge is 0.508 e. The van der Waals surface area contributed by atoms with E-state index >= 15 is 0 Å². The Balaban J connectivity index is 1.87. The molecule has 1 N–H and O–H groups in total. The molecule has 4 aromatic rings. The van der Waals surface area contributed by atoms with Crippen LogP contribution in [0.3, 0.4) is 0 Å². The first kappa shape index (κ1) is 16.8. The van der Waals surface area contributed by atoms with Crippen LogP contribution in [-0.4, -0.2) is 5.11 Å². The van der Waals surface area contributed by atoms with E-state index in [1.54, 1.807) is 12.1 Å². The number of phenolic OH excluding ortho intramolecular Hbond substituents is 1. The predicted molar refractivity (Wildman–Crippen MR) is 117 cm³/mol. The average molecular weight is 362 g/mol. The van der Waals surface area contributed by atoms with Gasteiger partial charge >= 0.3 is 0 Å². The van der Waals surface area contributed by atoms with Crippen LogP contribution in [0.15, 0.2) is 78.9 Å². The van der Waals surface area contributed by atoms with Gasteiger partial charge in [0.1, 0.15) is 5.75 Å². The lowest BCUT2D eigenvalue weighted by Gasteiger charge is -2.20. The van der Waals surface area contributed by atoms with E-state index in [2.05, 4.69) is 68.4 Å². The predicted octanol–water partition coefficient (Wildman–Crippen LogP) is 6.91. The van der Waals surface area contributed by atoms with Crippen LogP contribution >= 0.6 is 0 Å². The van der Waals surface area contributed by atoms with Gasteiger partial charge in [0, 0.05) is 0 Å². The Bertz CT molecular complexity index is 1200. The van der Waals surface area contributed by atoms with Crippen molar-refractivity contribution in [1.29, 1.82) is 0 Å². The first-order chi connectivity index (χ1) is 13.6. The summed E-state index contributed by atoms with van der Waals surface area (Å²) < 4.78 is 0. The van der Waals surface area contributed by atoms with Crippen LogP contribution in [0.5, 0.6) is 5.75 Å². The second-order valence-corrected chi connectivity index (χ2v) is 7.67. The lowest BCUT2D eigenvalue weighted by atomic mass is 9.83. The summed E-state index contributed by atoms with van der Waals surface area (Å²) in [7, 11) is 0. The molecule has 0 spiro atoms. The van der Waals surface area contributed by atoms with Crippen molar-refractivity contribution in [1.82, 2.24) is 0 Å². The van der Waals surface area contributed by atoms with E-state index in [-0.39, 0.29) is 0 Å². The number of benzene rings is 4. The summed E-state index contributed by atoms with van der Waals surface area (Å²) >= 11 is 0. The summed E-state index contributed by atoms with van der Waals surface area (Å²) in [5.74, 6) is 0.299. The van der Waals surface area contributed by atoms with Gasteiger partial charge < -0.3 is 5.11 Å². The maximum absolute atomic E-state index is 9.78. The van der Waals surface area contributed by atoms with Gasteiger partial charge in [-0.05, 0) is 88.0 Å². The van der Waals surface area contributed by atoms with Crippen molar-refractivity contribution < 1.29 is 5.11 Å². The van der Waals surface area contributed by atoms with Crippen molar-refractivity contribution in [2.24, 2.45) is 0 Å². The highest BCUT2D eigenvalue weighted by Gasteiger charge is 2.26. The van der Waals surface area contributed by atoms with Gasteiger partial charge in [-0.3, -0.25) is 0 Å². The number of phenols is 1. The molecule has 136 valence electrons. The lowest BCUT2D eigenvalue weighted by molar-refractivity contribution is 0.475. The van der Waals surface area contributed by atoms with Gasteiger partial charge in [0.2, 0.25) is 0 Å². The zero-order chi connectivity index (χ0) is 19.3. The molecule has 0 atom stereocenters. The Kier molecular flexibility index (Phi) is 3.84. The van der Waals surface area contributed by atoms with E-state index in [4.69, 9.17) is 0 Å². The number of fused-ring (bicyclic) bond motifs is 3. The Hall–Kier alpha value is -3.32. The van der Waals surface area contributed by atoms with E-state index < -0.39 is 0 Å². The van der Waals surface area contributed by atoms with Crippen LogP contribution < -0.4 is 0 Å². The first-order valence-corrected chi connectivity index (χ1v) is 9.73. The van der Waals surface area contributed by atoms with Gasteiger partial charge in [-0.25, -0.2) is 0 Å². The third-order valence-electron chi connectivity index (χ3n) is 5.88.